The highest BCUT2D eigenvalue weighted by Gasteiger charge is 2.20. The predicted molar refractivity (Wildman–Crippen MR) is 66.1 cm³/mol. The molecule has 0 aromatic heterocycles. The van der Waals surface area contributed by atoms with Gasteiger partial charge in [-0.3, -0.25) is 4.79 Å². The van der Waals surface area contributed by atoms with Crippen LogP contribution in [0.25, 0.3) is 0 Å². The summed E-state index contributed by atoms with van der Waals surface area (Å²) in [7, 11) is 0. The Hall–Kier alpha value is -1.13. The molecule has 0 aliphatic rings. The number of rotatable bonds is 5. The van der Waals surface area contributed by atoms with Gasteiger partial charge in [-0.1, -0.05) is 11.6 Å². The van der Waals surface area contributed by atoms with Crippen LogP contribution in [0.4, 0.5) is 4.39 Å². The minimum Gasteiger partial charge on any atom is -0.370 e. The molecular weight excluding hydrogens is 243 g/mol. The lowest BCUT2D eigenvalue weighted by atomic mass is 10.00. The van der Waals surface area contributed by atoms with Crippen molar-refractivity contribution in [3.05, 3.63) is 34.6 Å². The number of carbonyl (C=O) groups excluding carboxylic acids is 1. The maximum Gasteiger partial charge on any atom is 0.219 e. The molecule has 0 unspecified atom stereocenters. The summed E-state index contributed by atoms with van der Waals surface area (Å²) in [6.45, 7) is 4.09. The summed E-state index contributed by atoms with van der Waals surface area (Å²) in [4.78, 5) is 10.8. The number of benzene rings is 1. The number of halogens is 2. The molecule has 0 aliphatic heterocycles. The van der Waals surface area contributed by atoms with Crippen molar-refractivity contribution in [3.8, 4) is 0 Å². The van der Waals surface area contributed by atoms with E-state index in [1.807, 2.05) is 13.8 Å². The van der Waals surface area contributed by atoms with E-state index < -0.39 is 5.54 Å². The molecule has 0 radical (unpaired) electrons. The van der Waals surface area contributed by atoms with Crippen LogP contribution in [0.3, 0.4) is 0 Å². The second-order valence-electron chi connectivity index (χ2n) is 4.62. The SMILES string of the molecule is CC(C)(CC(N)=O)NCc1cc(F)ccc1Cl. The summed E-state index contributed by atoms with van der Waals surface area (Å²) in [6, 6.07) is 4.19. The molecule has 1 amide bonds. The molecule has 0 saturated carbocycles. The largest absolute Gasteiger partial charge is 0.370 e. The zero-order valence-corrected chi connectivity index (χ0v) is 10.6. The van der Waals surface area contributed by atoms with E-state index in [-0.39, 0.29) is 18.1 Å². The van der Waals surface area contributed by atoms with Crippen molar-refractivity contribution in [1.82, 2.24) is 5.32 Å². The van der Waals surface area contributed by atoms with Crippen LogP contribution in [0.5, 0.6) is 0 Å². The quantitative estimate of drug-likeness (QED) is 0.851. The topological polar surface area (TPSA) is 55.1 Å². The number of nitrogens with one attached hydrogen (secondary N) is 1. The maximum atomic E-state index is 13.0. The van der Waals surface area contributed by atoms with Gasteiger partial charge >= 0.3 is 0 Å². The molecule has 0 saturated heterocycles. The predicted octanol–water partition coefficient (Wildman–Crippen LogP) is 2.22. The Morgan fingerprint density at radius 3 is 2.76 bits per heavy atom. The Morgan fingerprint density at radius 1 is 1.53 bits per heavy atom. The number of primary amides is 1. The fourth-order valence-electron chi connectivity index (χ4n) is 1.51. The third-order valence-corrected chi connectivity index (χ3v) is 2.75. The zero-order chi connectivity index (χ0) is 13.1. The Morgan fingerprint density at radius 2 is 2.18 bits per heavy atom. The van der Waals surface area contributed by atoms with E-state index in [4.69, 9.17) is 17.3 Å². The first-order valence-corrected chi connectivity index (χ1v) is 5.65. The molecule has 1 rings (SSSR count). The van der Waals surface area contributed by atoms with E-state index in [2.05, 4.69) is 5.32 Å². The monoisotopic (exact) mass is 258 g/mol. The van der Waals surface area contributed by atoms with Crippen LogP contribution in [-0.4, -0.2) is 11.4 Å². The van der Waals surface area contributed by atoms with Crippen LogP contribution < -0.4 is 11.1 Å². The summed E-state index contributed by atoms with van der Waals surface area (Å²) in [6.07, 6.45) is 0.208. The fourth-order valence-corrected chi connectivity index (χ4v) is 1.70. The van der Waals surface area contributed by atoms with Crippen LogP contribution in [0.1, 0.15) is 25.8 Å². The Balaban J connectivity index is 2.66. The molecule has 0 heterocycles. The van der Waals surface area contributed by atoms with Gasteiger partial charge in [0.25, 0.3) is 0 Å². The van der Waals surface area contributed by atoms with Crippen LogP contribution in [0.2, 0.25) is 5.02 Å². The van der Waals surface area contributed by atoms with E-state index in [1.165, 1.54) is 18.2 Å². The average molecular weight is 259 g/mol. The summed E-state index contributed by atoms with van der Waals surface area (Å²) in [5, 5.41) is 3.62. The highest BCUT2D eigenvalue weighted by molar-refractivity contribution is 6.31. The smallest absolute Gasteiger partial charge is 0.219 e. The van der Waals surface area contributed by atoms with Gasteiger partial charge < -0.3 is 11.1 Å². The number of hydrogen-bond acceptors (Lipinski definition) is 2. The summed E-state index contributed by atoms with van der Waals surface area (Å²) in [5.41, 5.74) is 5.35. The lowest BCUT2D eigenvalue weighted by molar-refractivity contribution is -0.119. The lowest BCUT2D eigenvalue weighted by Crippen LogP contribution is -2.42. The summed E-state index contributed by atoms with van der Waals surface area (Å²) < 4.78 is 13.0. The average Bonchev–Trinajstić information content (AvgIpc) is 2.17. The number of carbonyl (C=O) groups is 1. The van der Waals surface area contributed by atoms with Gasteiger partial charge in [0, 0.05) is 23.5 Å². The van der Waals surface area contributed by atoms with Gasteiger partial charge in [-0.25, -0.2) is 4.39 Å². The van der Waals surface area contributed by atoms with E-state index in [0.29, 0.717) is 17.1 Å². The number of hydrogen-bond donors (Lipinski definition) is 2. The number of amides is 1. The molecule has 3 N–H and O–H groups in total. The fraction of sp³-hybridized carbons (Fsp3) is 0.417. The standard InChI is InChI=1S/C12H16ClFN2O/c1-12(2,6-11(15)17)16-7-8-5-9(14)3-4-10(8)13/h3-5,16H,6-7H2,1-2H3,(H2,15,17). The highest BCUT2D eigenvalue weighted by atomic mass is 35.5. The minimum absolute atomic E-state index is 0.208. The molecule has 0 fully saturated rings. The molecule has 1 aromatic carbocycles. The normalized spacial score (nSPS) is 11.5. The van der Waals surface area contributed by atoms with Crippen molar-refractivity contribution < 1.29 is 9.18 Å². The Kier molecular flexibility index (Phi) is 4.48. The third-order valence-electron chi connectivity index (χ3n) is 2.38. The molecule has 17 heavy (non-hydrogen) atoms. The molecule has 0 aliphatic carbocycles. The van der Waals surface area contributed by atoms with Crippen molar-refractivity contribution in [3.63, 3.8) is 0 Å². The first-order chi connectivity index (χ1) is 7.80. The van der Waals surface area contributed by atoms with E-state index >= 15 is 0 Å². The van der Waals surface area contributed by atoms with Gasteiger partial charge in [0.05, 0.1) is 0 Å². The number of nitrogens with two attached hydrogens (primary N) is 1. The van der Waals surface area contributed by atoms with E-state index in [0.717, 1.165) is 0 Å². The highest BCUT2D eigenvalue weighted by Crippen LogP contribution is 2.18. The third kappa shape index (κ3) is 4.71. The van der Waals surface area contributed by atoms with Crippen molar-refractivity contribution in [1.29, 1.82) is 0 Å². The first kappa shape index (κ1) is 13.9. The molecule has 0 spiro atoms. The molecule has 94 valence electrons. The van der Waals surface area contributed by atoms with Gasteiger partial charge in [-0.05, 0) is 37.6 Å². The Bertz CT molecular complexity index is 421. The molecule has 0 atom stereocenters. The maximum absolute atomic E-state index is 13.0. The molecule has 5 heteroatoms. The van der Waals surface area contributed by atoms with E-state index in [1.54, 1.807) is 0 Å². The lowest BCUT2D eigenvalue weighted by Gasteiger charge is -2.25. The molecule has 1 aromatic rings. The van der Waals surface area contributed by atoms with Crippen LogP contribution in [0.15, 0.2) is 18.2 Å². The van der Waals surface area contributed by atoms with Crippen LogP contribution in [-0.2, 0) is 11.3 Å². The minimum atomic E-state index is -0.443. The van der Waals surface area contributed by atoms with Crippen LogP contribution in [0, 0.1) is 5.82 Å². The zero-order valence-electron chi connectivity index (χ0n) is 9.89. The van der Waals surface area contributed by atoms with Crippen molar-refractivity contribution in [2.75, 3.05) is 0 Å². The molecule has 3 nitrogen and oxygen atoms in total. The van der Waals surface area contributed by atoms with Gasteiger partial charge in [0.15, 0.2) is 0 Å². The molecular formula is C12H16ClFN2O. The van der Waals surface area contributed by atoms with Crippen molar-refractivity contribution in [2.24, 2.45) is 5.73 Å². The van der Waals surface area contributed by atoms with Crippen LogP contribution >= 0.6 is 11.6 Å². The summed E-state index contributed by atoms with van der Waals surface area (Å²) >= 11 is 5.93. The van der Waals surface area contributed by atoms with Gasteiger partial charge in [0.1, 0.15) is 5.82 Å². The Labute approximate surface area is 105 Å². The van der Waals surface area contributed by atoms with Gasteiger partial charge in [-0.15, -0.1) is 0 Å². The van der Waals surface area contributed by atoms with Crippen molar-refractivity contribution >= 4 is 17.5 Å². The van der Waals surface area contributed by atoms with Gasteiger partial charge in [0.2, 0.25) is 5.91 Å². The summed E-state index contributed by atoms with van der Waals surface area (Å²) in [5.74, 6) is -0.716. The second kappa shape index (κ2) is 5.47. The first-order valence-electron chi connectivity index (χ1n) is 5.27. The van der Waals surface area contributed by atoms with Crippen molar-refractivity contribution in [2.45, 2.75) is 32.4 Å². The van der Waals surface area contributed by atoms with E-state index in [9.17, 15) is 9.18 Å². The van der Waals surface area contributed by atoms with Gasteiger partial charge in [-0.2, -0.15) is 0 Å². The second-order valence-corrected chi connectivity index (χ2v) is 5.02. The molecule has 0 bridgehead atoms.